The molecule has 16 nitrogen and oxygen atoms in total. The Morgan fingerprint density at radius 3 is 2.37 bits per heavy atom. The Morgan fingerprint density at radius 2 is 1.67 bits per heavy atom. The number of piperazine rings is 1. The maximum Gasteiger partial charge on any atom is 0.319 e. The van der Waals surface area contributed by atoms with Gasteiger partial charge in [0.25, 0.3) is 0 Å². The maximum atomic E-state index is 17.1. The highest BCUT2D eigenvalue weighted by Crippen LogP contribution is 2.45. The molecule has 4 N–H and O–H groups in total. The molecule has 1 spiro atoms. The minimum atomic E-state index is -0.913. The van der Waals surface area contributed by atoms with E-state index in [1.54, 1.807) is 12.1 Å². The molecule has 5 aliphatic rings. The first kappa shape index (κ1) is 55.3. The zero-order valence-electron chi connectivity index (χ0n) is 45.4. The molecule has 0 aliphatic carbocycles. The Balaban J connectivity index is 0.674. The number of pyridine rings is 1. The number of hydrogen-bond donors (Lipinski definition) is 4. The maximum absolute atomic E-state index is 17.1. The van der Waals surface area contributed by atoms with Gasteiger partial charge in [-0.2, -0.15) is 9.97 Å². The molecule has 7 aromatic rings. The summed E-state index contributed by atoms with van der Waals surface area (Å²) >= 11 is 12.6. The van der Waals surface area contributed by atoms with Crippen molar-refractivity contribution in [2.24, 2.45) is 11.3 Å². The van der Waals surface area contributed by atoms with E-state index in [-0.39, 0.29) is 98.4 Å². The number of amides is 2. The van der Waals surface area contributed by atoms with Crippen LogP contribution in [0.4, 0.5) is 24.8 Å². The van der Waals surface area contributed by atoms with Gasteiger partial charge < -0.3 is 44.8 Å². The molecule has 3 aromatic heterocycles. The number of nitrogens with zero attached hydrogens (tertiary/aromatic N) is 8. The quantitative estimate of drug-likeness (QED) is 0.0755. The van der Waals surface area contributed by atoms with Gasteiger partial charge in [-0.3, -0.25) is 19.5 Å². The fraction of sp³-hybridized carbons (Fsp3) is 0.410. The van der Waals surface area contributed by atoms with Gasteiger partial charge in [0, 0.05) is 92.0 Å². The highest BCUT2D eigenvalue weighted by atomic mass is 35.5. The summed E-state index contributed by atoms with van der Waals surface area (Å²) in [4.78, 5) is 50.5. The average molecular weight is 1160 g/mol. The lowest BCUT2D eigenvalue weighted by atomic mass is 9.72. The van der Waals surface area contributed by atoms with Crippen LogP contribution in [0.25, 0.3) is 44.1 Å². The fourth-order valence-corrected chi connectivity index (χ4v) is 13.6. The van der Waals surface area contributed by atoms with Crippen molar-refractivity contribution in [3.63, 3.8) is 0 Å². The van der Waals surface area contributed by atoms with Crippen LogP contribution in [-0.2, 0) is 9.59 Å². The number of terminal acetylenes is 1. The van der Waals surface area contributed by atoms with Crippen LogP contribution in [0.15, 0.2) is 77.4 Å². The number of benzene rings is 4. The van der Waals surface area contributed by atoms with Crippen LogP contribution in [0, 0.1) is 41.1 Å². The van der Waals surface area contributed by atoms with Crippen LogP contribution < -0.4 is 25.2 Å². The molecule has 2 unspecified atom stereocenters. The van der Waals surface area contributed by atoms with Gasteiger partial charge in [0.2, 0.25) is 11.8 Å². The second-order valence-corrected chi connectivity index (χ2v) is 23.9. The van der Waals surface area contributed by atoms with Gasteiger partial charge >= 0.3 is 6.01 Å². The zero-order valence-corrected chi connectivity index (χ0v) is 47.0. The monoisotopic (exact) mass is 1160 g/mol. The number of β-amino-alcohol motifs (C(OH)–C–C–N with tert-alkyl or cyclic N) is 1. The summed E-state index contributed by atoms with van der Waals surface area (Å²) in [6, 6.07) is 16.1. The van der Waals surface area contributed by atoms with E-state index in [4.69, 9.17) is 43.9 Å². The summed E-state index contributed by atoms with van der Waals surface area (Å²) in [5.41, 5.74) is 1.93. The number of rotatable bonds is 14. The zero-order chi connectivity index (χ0) is 57.3. The average Bonchev–Trinajstić information content (AvgIpc) is 3.49. The predicted octanol–water partition coefficient (Wildman–Crippen LogP) is 9.41. The molecule has 82 heavy (non-hydrogen) atoms. The number of anilines is 2. The van der Waals surface area contributed by atoms with Crippen molar-refractivity contribution in [2.75, 3.05) is 68.8 Å². The van der Waals surface area contributed by atoms with E-state index < -0.39 is 47.5 Å². The van der Waals surface area contributed by atoms with Gasteiger partial charge in [0.1, 0.15) is 53.0 Å². The molecular weight excluding hydrogens is 1100 g/mol. The predicted molar refractivity (Wildman–Crippen MR) is 306 cm³/mol. The van der Waals surface area contributed by atoms with Crippen LogP contribution in [0.5, 0.6) is 11.8 Å². The van der Waals surface area contributed by atoms with E-state index in [1.807, 2.05) is 39.0 Å². The Bertz CT molecular complexity index is 3640. The molecular formula is C61H61Cl2F3N10O6. The first-order valence-electron chi connectivity index (χ1n) is 27.8. The lowest BCUT2D eigenvalue weighted by molar-refractivity contribution is -0.141. The molecule has 21 heteroatoms. The summed E-state index contributed by atoms with van der Waals surface area (Å²) in [5, 5.41) is 34.1. The number of likely N-dealkylation sites (tertiary alicyclic amines) is 2. The molecule has 5 fully saturated rings. The van der Waals surface area contributed by atoms with Gasteiger partial charge in [-0.25, -0.2) is 13.2 Å². The third-order valence-electron chi connectivity index (χ3n) is 17.2. The number of aromatic hydroxyl groups is 1. The van der Waals surface area contributed by atoms with Crippen molar-refractivity contribution in [3.05, 3.63) is 117 Å². The van der Waals surface area contributed by atoms with E-state index in [2.05, 4.69) is 46.4 Å². The smallest absolute Gasteiger partial charge is 0.319 e. The number of fused-ring (bicyclic) bond motifs is 4. The highest BCUT2D eigenvalue weighted by molar-refractivity contribution is 6.39. The summed E-state index contributed by atoms with van der Waals surface area (Å²) < 4.78 is 58.2. The van der Waals surface area contributed by atoms with Gasteiger partial charge in [0.05, 0.1) is 33.1 Å². The molecule has 2 amide bonds. The molecule has 5 aliphatic heterocycles. The second kappa shape index (κ2) is 22.2. The molecule has 0 saturated carbocycles. The van der Waals surface area contributed by atoms with Crippen LogP contribution in [0.2, 0.25) is 10.0 Å². The summed E-state index contributed by atoms with van der Waals surface area (Å²) in [6.45, 7) is 11.0. The summed E-state index contributed by atoms with van der Waals surface area (Å²) in [6.07, 6.45) is 10.4. The highest BCUT2D eigenvalue weighted by Gasteiger charge is 2.47. The first-order chi connectivity index (χ1) is 39.4. The minimum absolute atomic E-state index is 0.00385. The van der Waals surface area contributed by atoms with Crippen molar-refractivity contribution in [1.82, 2.24) is 40.5 Å². The molecule has 2 bridgehead atoms. The number of hydrogen-bond acceptors (Lipinski definition) is 14. The van der Waals surface area contributed by atoms with E-state index >= 15 is 8.78 Å². The number of phenols is 1. The number of halogens is 5. The van der Waals surface area contributed by atoms with Crippen molar-refractivity contribution >= 4 is 68.3 Å². The topological polar surface area (TPSA) is 186 Å². The number of carbonyl (C=O) groups excluding carboxylic acids is 2. The van der Waals surface area contributed by atoms with E-state index in [1.165, 1.54) is 47.5 Å². The summed E-state index contributed by atoms with van der Waals surface area (Å²) in [5.74, 6) is 0.120. The molecule has 4 aromatic carbocycles. The molecule has 426 valence electrons. The number of nitrogens with one attached hydrogen (secondary N) is 2. The second-order valence-electron chi connectivity index (χ2n) is 23.1. The largest absolute Gasteiger partial charge is 0.508 e. The van der Waals surface area contributed by atoms with Crippen molar-refractivity contribution in [2.45, 2.75) is 89.1 Å². The van der Waals surface area contributed by atoms with E-state index in [9.17, 15) is 24.2 Å². The molecule has 6 atom stereocenters. The lowest BCUT2D eigenvalue weighted by Gasteiger charge is -2.54. The normalized spacial score (nSPS) is 21.3. The third-order valence-corrected chi connectivity index (χ3v) is 17.8. The fourth-order valence-electron chi connectivity index (χ4n) is 12.9. The van der Waals surface area contributed by atoms with Crippen LogP contribution in [-0.4, -0.2) is 135 Å². The van der Waals surface area contributed by atoms with Gasteiger partial charge in [-0.1, -0.05) is 78.5 Å². The number of aliphatic hydroxyl groups is 1. The first-order valence-corrected chi connectivity index (χ1v) is 28.6. The van der Waals surface area contributed by atoms with Crippen LogP contribution in [0.3, 0.4) is 0 Å². The Hall–Kier alpha value is -7.21. The van der Waals surface area contributed by atoms with Crippen LogP contribution in [0.1, 0.15) is 81.7 Å². The number of phenolic OH excluding ortho intramolecular Hbond substituents is 1. The SMILES string of the molecule is C#Cc1c(F)ccc2cc(O)cc(-c3ncc4c(N5CC6CCC(C5)N6)nc(OCCN5CCC6(CC5)CN(c5cc([C@H](C(=O)N7C[C@H](O)C[C@H]7C(=O)N[C@@H](C)c7ccc(-c8c(Cl)cc(F)cc8Cl)cc7)C(C)C)on5)C6)nc4c3F)c12. The minimum Gasteiger partial charge on any atom is -0.508 e. The van der Waals surface area contributed by atoms with Crippen molar-refractivity contribution in [1.29, 1.82) is 0 Å². The van der Waals surface area contributed by atoms with Gasteiger partial charge in [-0.15, -0.1) is 6.42 Å². The Kier molecular flexibility index (Phi) is 15.0. The number of carbonyl (C=O) groups is 2. The lowest BCUT2D eigenvalue weighted by Crippen LogP contribution is -2.60. The number of piperidine rings is 1. The van der Waals surface area contributed by atoms with E-state index in [0.717, 1.165) is 57.4 Å². The van der Waals surface area contributed by atoms with Crippen molar-refractivity contribution in [3.8, 4) is 46.5 Å². The van der Waals surface area contributed by atoms with E-state index in [0.29, 0.717) is 58.9 Å². The number of aliphatic hydroxyl groups excluding tert-OH is 1. The molecule has 8 heterocycles. The Labute approximate surface area is 481 Å². The van der Waals surface area contributed by atoms with Crippen molar-refractivity contribution < 1.29 is 42.2 Å². The standard InChI is InChI=1S/C61H61Cl2F3N10O6/c1-5-42-47(65)13-10-36-20-40(77)23-43(52(36)42)55-54(66)56-44(26-67-55)57(74-27-38-11-12-39(28-74)69-38)71-60(70-56)81-19-18-73-16-14-61(15-17-73)30-75(31-61)50-25-49(82-72-50)51(32(2)3)59(80)76-29-41(78)24-48(76)58(79)68-33(4)34-6-8-35(9-7-34)53-45(62)21-37(64)22-46(53)63/h1,6-10,13,20-23,25-26,32-33,38-39,41,48,51,69,77-78H,11-12,14-19,24,27-31H2,2-4H3,(H,68,79)/t33-,38?,39?,41+,48-,51+/m0/s1. The number of aromatic nitrogens is 4. The van der Waals surface area contributed by atoms with Gasteiger partial charge in [-0.05, 0) is 98.5 Å². The molecule has 0 radical (unpaired) electrons. The summed E-state index contributed by atoms with van der Waals surface area (Å²) in [7, 11) is 0. The Morgan fingerprint density at radius 1 is 0.951 bits per heavy atom. The molecule has 5 saturated heterocycles. The van der Waals surface area contributed by atoms with Gasteiger partial charge in [0.15, 0.2) is 17.4 Å². The third kappa shape index (κ3) is 10.5. The molecule has 12 rings (SSSR count). The van der Waals surface area contributed by atoms with Crippen LogP contribution >= 0.6 is 23.2 Å². The number of ether oxygens (including phenoxy) is 1.